The molecule has 1 aromatic carbocycles. The van der Waals surface area contributed by atoms with E-state index in [0.29, 0.717) is 10.0 Å². The van der Waals surface area contributed by atoms with Crippen molar-refractivity contribution in [2.45, 2.75) is 26.2 Å². The topological polar surface area (TPSA) is 89.7 Å². The summed E-state index contributed by atoms with van der Waals surface area (Å²) in [5.41, 5.74) is 0.180. The van der Waals surface area contributed by atoms with Gasteiger partial charge in [-0.3, -0.25) is 14.9 Å². The molecule has 0 saturated heterocycles. The lowest BCUT2D eigenvalue weighted by atomic mass is 10.0. The van der Waals surface area contributed by atoms with Gasteiger partial charge in [-0.05, 0) is 31.4 Å². The van der Waals surface area contributed by atoms with Crippen LogP contribution in [0.4, 0.5) is 5.69 Å². The molecule has 1 fully saturated rings. The van der Waals surface area contributed by atoms with Crippen molar-refractivity contribution in [3.63, 3.8) is 0 Å². The van der Waals surface area contributed by atoms with Crippen molar-refractivity contribution < 1.29 is 19.6 Å². The van der Waals surface area contributed by atoms with Crippen molar-refractivity contribution in [3.05, 3.63) is 32.3 Å². The quantitative estimate of drug-likeness (QED) is 0.632. The van der Waals surface area contributed by atoms with Crippen LogP contribution in [0.25, 0.3) is 0 Å². The summed E-state index contributed by atoms with van der Waals surface area (Å²) in [6, 6.07) is 3.12. The number of nitro groups is 1. The number of carboxylic acid groups (broad SMARTS) is 1. The Morgan fingerprint density at radius 3 is 2.70 bits per heavy atom. The van der Waals surface area contributed by atoms with Gasteiger partial charge in [-0.2, -0.15) is 0 Å². The highest BCUT2D eigenvalue weighted by Crippen LogP contribution is 2.49. The monoisotopic (exact) mass is 343 g/mol. The van der Waals surface area contributed by atoms with E-state index in [0.717, 1.165) is 12.8 Å². The third-order valence-electron chi connectivity index (χ3n) is 3.42. The van der Waals surface area contributed by atoms with Gasteiger partial charge in [-0.25, -0.2) is 0 Å². The Balaban J connectivity index is 2.17. The van der Waals surface area contributed by atoms with E-state index in [4.69, 9.17) is 9.84 Å². The molecule has 1 N–H and O–H groups in total. The first-order chi connectivity index (χ1) is 9.33. The second-order valence-corrected chi connectivity index (χ2v) is 6.10. The predicted octanol–water partition coefficient (Wildman–Crippen LogP) is 3.30. The summed E-state index contributed by atoms with van der Waals surface area (Å²) in [4.78, 5) is 21.3. The summed E-state index contributed by atoms with van der Waals surface area (Å²) in [6.45, 7) is 1.92. The lowest BCUT2D eigenvalue weighted by Gasteiger charge is -2.15. The van der Waals surface area contributed by atoms with Gasteiger partial charge in [0.1, 0.15) is 0 Å². The molecule has 0 radical (unpaired) electrons. The van der Waals surface area contributed by atoms with E-state index in [2.05, 4.69) is 15.9 Å². The number of carboxylic acids is 1. The molecule has 0 aromatic heterocycles. The van der Waals surface area contributed by atoms with E-state index in [1.807, 2.05) is 0 Å². The maximum Gasteiger partial charge on any atom is 0.312 e. The molecule has 0 heterocycles. The number of hydrogen-bond donors (Lipinski definition) is 1. The summed E-state index contributed by atoms with van der Waals surface area (Å²) in [5.74, 6) is -0.650. The van der Waals surface area contributed by atoms with Gasteiger partial charge in [0.15, 0.2) is 5.75 Å². The first kappa shape index (κ1) is 14.8. The number of ether oxygens (including phenoxy) is 1. The Bertz CT molecular complexity index is 568. The molecular formula is C13H14BrNO5. The van der Waals surface area contributed by atoms with Crippen molar-refractivity contribution in [1.29, 1.82) is 0 Å². The van der Waals surface area contributed by atoms with Crippen molar-refractivity contribution >= 4 is 27.6 Å². The molecule has 6 nitrogen and oxygen atoms in total. The zero-order chi connectivity index (χ0) is 14.9. The van der Waals surface area contributed by atoms with Gasteiger partial charge in [-0.1, -0.05) is 15.9 Å². The highest BCUT2D eigenvalue weighted by atomic mass is 79.9. The lowest BCUT2D eigenvalue weighted by molar-refractivity contribution is -0.386. The van der Waals surface area contributed by atoms with E-state index in [-0.39, 0.29) is 29.9 Å². The van der Waals surface area contributed by atoms with E-state index >= 15 is 0 Å². The number of benzene rings is 1. The normalized spacial score (nSPS) is 15.7. The Morgan fingerprint density at radius 2 is 2.20 bits per heavy atom. The standard InChI is InChI=1S/C13H14BrNO5/c1-8-4-9(14)5-10(15(18)19)12(8)20-7-13(2-3-13)6-11(16)17/h4-5H,2-3,6-7H2,1H3,(H,16,17). The largest absolute Gasteiger partial charge is 0.486 e. The summed E-state index contributed by atoms with van der Waals surface area (Å²) < 4.78 is 6.20. The molecule has 0 amide bonds. The third-order valence-corrected chi connectivity index (χ3v) is 3.88. The minimum absolute atomic E-state index is 0.0381. The number of halogens is 1. The first-order valence-corrected chi connectivity index (χ1v) is 6.91. The number of nitro benzene ring substituents is 1. The maximum absolute atomic E-state index is 11.1. The molecule has 108 valence electrons. The van der Waals surface area contributed by atoms with Crippen LogP contribution in [-0.4, -0.2) is 22.6 Å². The molecule has 1 aliphatic rings. The third kappa shape index (κ3) is 3.27. The van der Waals surface area contributed by atoms with Crippen molar-refractivity contribution in [2.75, 3.05) is 6.61 Å². The van der Waals surface area contributed by atoms with E-state index in [1.54, 1.807) is 13.0 Å². The minimum atomic E-state index is -0.867. The average molecular weight is 344 g/mol. The maximum atomic E-state index is 11.1. The molecule has 1 aliphatic carbocycles. The average Bonchev–Trinajstić information content (AvgIpc) is 3.06. The Hall–Kier alpha value is -1.63. The van der Waals surface area contributed by atoms with Gasteiger partial charge in [0, 0.05) is 16.0 Å². The molecule has 1 aromatic rings. The summed E-state index contributed by atoms with van der Waals surface area (Å²) in [7, 11) is 0. The molecule has 7 heteroatoms. The zero-order valence-corrected chi connectivity index (χ0v) is 12.5. The number of aliphatic carboxylic acids is 1. The molecular weight excluding hydrogens is 330 g/mol. The van der Waals surface area contributed by atoms with Gasteiger partial charge >= 0.3 is 11.7 Å². The Labute approximate surface area is 124 Å². The molecule has 0 bridgehead atoms. The fourth-order valence-electron chi connectivity index (χ4n) is 2.13. The van der Waals surface area contributed by atoms with Gasteiger partial charge < -0.3 is 9.84 Å². The summed E-state index contributed by atoms with van der Waals surface area (Å²) >= 11 is 3.21. The van der Waals surface area contributed by atoms with Crippen LogP contribution in [0.5, 0.6) is 5.75 Å². The molecule has 0 spiro atoms. The number of hydrogen-bond acceptors (Lipinski definition) is 4. The smallest absolute Gasteiger partial charge is 0.312 e. The second kappa shape index (κ2) is 5.40. The Morgan fingerprint density at radius 1 is 1.55 bits per heavy atom. The van der Waals surface area contributed by atoms with Gasteiger partial charge in [0.2, 0.25) is 0 Å². The fraction of sp³-hybridized carbons (Fsp3) is 0.462. The van der Waals surface area contributed by atoms with Crippen LogP contribution in [0.15, 0.2) is 16.6 Å². The molecule has 2 rings (SSSR count). The van der Waals surface area contributed by atoms with Crippen LogP contribution in [0, 0.1) is 22.5 Å². The molecule has 1 saturated carbocycles. The molecule has 20 heavy (non-hydrogen) atoms. The lowest BCUT2D eigenvalue weighted by Crippen LogP contribution is -2.18. The van der Waals surface area contributed by atoms with Crippen LogP contribution < -0.4 is 4.74 Å². The fourth-order valence-corrected chi connectivity index (χ4v) is 2.69. The van der Waals surface area contributed by atoms with Crippen LogP contribution in [-0.2, 0) is 4.79 Å². The summed E-state index contributed by atoms with van der Waals surface area (Å²) in [5, 5.41) is 19.9. The molecule has 0 aliphatic heterocycles. The van der Waals surface area contributed by atoms with E-state index in [1.165, 1.54) is 6.07 Å². The molecule has 0 unspecified atom stereocenters. The highest BCUT2D eigenvalue weighted by Gasteiger charge is 2.45. The Kier molecular flexibility index (Phi) is 3.99. The van der Waals surface area contributed by atoms with Gasteiger partial charge in [0.05, 0.1) is 18.0 Å². The molecule has 0 atom stereocenters. The highest BCUT2D eigenvalue weighted by molar-refractivity contribution is 9.10. The SMILES string of the molecule is Cc1cc(Br)cc([N+](=O)[O-])c1OCC1(CC(=O)O)CC1. The van der Waals surface area contributed by atoms with Crippen LogP contribution >= 0.6 is 15.9 Å². The first-order valence-electron chi connectivity index (χ1n) is 6.12. The van der Waals surface area contributed by atoms with E-state index in [9.17, 15) is 14.9 Å². The van der Waals surface area contributed by atoms with Crippen LogP contribution in [0.3, 0.4) is 0 Å². The number of rotatable bonds is 6. The second-order valence-electron chi connectivity index (χ2n) is 5.19. The zero-order valence-electron chi connectivity index (χ0n) is 10.9. The number of nitrogens with zero attached hydrogens (tertiary/aromatic N) is 1. The van der Waals surface area contributed by atoms with Crippen molar-refractivity contribution in [1.82, 2.24) is 0 Å². The summed E-state index contributed by atoms with van der Waals surface area (Å²) in [6.07, 6.45) is 1.60. The van der Waals surface area contributed by atoms with Crippen LogP contribution in [0.1, 0.15) is 24.8 Å². The number of carbonyl (C=O) groups is 1. The van der Waals surface area contributed by atoms with Gasteiger partial charge in [-0.15, -0.1) is 0 Å². The van der Waals surface area contributed by atoms with Gasteiger partial charge in [0.25, 0.3) is 0 Å². The van der Waals surface area contributed by atoms with Crippen molar-refractivity contribution in [3.8, 4) is 5.75 Å². The van der Waals surface area contributed by atoms with Crippen LogP contribution in [0.2, 0.25) is 0 Å². The van der Waals surface area contributed by atoms with Crippen molar-refractivity contribution in [2.24, 2.45) is 5.41 Å². The predicted molar refractivity (Wildman–Crippen MR) is 74.9 cm³/mol. The minimum Gasteiger partial charge on any atom is -0.486 e. The van der Waals surface area contributed by atoms with E-state index < -0.39 is 10.9 Å². The number of aryl methyl sites for hydroxylation is 1.